The summed E-state index contributed by atoms with van der Waals surface area (Å²) in [6.45, 7) is 0. The van der Waals surface area contributed by atoms with Gasteiger partial charge in [-0.05, 0) is 23.3 Å². The highest BCUT2D eigenvalue weighted by atomic mass is 19.3. The number of amides is 1. The molecule has 98 valence electrons. The van der Waals surface area contributed by atoms with Crippen LogP contribution in [0.2, 0.25) is 0 Å². The van der Waals surface area contributed by atoms with Crippen LogP contribution >= 0.6 is 0 Å². The van der Waals surface area contributed by atoms with Crippen LogP contribution in [-0.4, -0.2) is 19.4 Å². The van der Waals surface area contributed by atoms with Crippen LogP contribution in [0.5, 0.6) is 0 Å². The molecule has 0 spiro atoms. The summed E-state index contributed by atoms with van der Waals surface area (Å²) in [5.74, 6) is -1.20. The van der Waals surface area contributed by atoms with Gasteiger partial charge in [0.15, 0.2) is 0 Å². The molecule has 0 N–H and O–H groups in total. The minimum absolute atomic E-state index is 0.449. The van der Waals surface area contributed by atoms with Gasteiger partial charge in [0, 0.05) is 12.7 Å². The van der Waals surface area contributed by atoms with Crippen molar-refractivity contribution < 1.29 is 13.6 Å². The fourth-order valence-electron chi connectivity index (χ4n) is 1.78. The predicted molar refractivity (Wildman–Crippen MR) is 71.3 cm³/mol. The van der Waals surface area contributed by atoms with Crippen LogP contribution in [0.25, 0.3) is 11.1 Å². The van der Waals surface area contributed by atoms with Crippen LogP contribution in [0.1, 0.15) is 0 Å². The number of nitrogens with zero attached hydrogens (tertiary/aromatic N) is 1. The van der Waals surface area contributed by atoms with E-state index in [9.17, 15) is 13.6 Å². The van der Waals surface area contributed by atoms with Gasteiger partial charge >= 0.3 is 6.43 Å². The summed E-state index contributed by atoms with van der Waals surface area (Å²) in [5.41, 5.74) is 2.46. The van der Waals surface area contributed by atoms with Crippen molar-refractivity contribution >= 4 is 11.6 Å². The fraction of sp³-hybridized carbons (Fsp3) is 0.133. The molecule has 0 bridgehead atoms. The minimum atomic E-state index is -2.99. The summed E-state index contributed by atoms with van der Waals surface area (Å²) in [6, 6.07) is 16.6. The number of rotatable bonds is 3. The number of alkyl halides is 2. The summed E-state index contributed by atoms with van der Waals surface area (Å²) >= 11 is 0. The summed E-state index contributed by atoms with van der Waals surface area (Å²) in [4.78, 5) is 12.1. The van der Waals surface area contributed by atoms with E-state index in [4.69, 9.17) is 0 Å². The molecule has 0 aliphatic carbocycles. The third-order valence-corrected chi connectivity index (χ3v) is 2.88. The summed E-state index contributed by atoms with van der Waals surface area (Å²) in [6.07, 6.45) is -2.99. The zero-order chi connectivity index (χ0) is 13.8. The lowest BCUT2D eigenvalue weighted by atomic mass is 10.1. The lowest BCUT2D eigenvalue weighted by molar-refractivity contribution is -0.128. The smallest absolute Gasteiger partial charge is 0.311 e. The van der Waals surface area contributed by atoms with Crippen molar-refractivity contribution in [2.75, 3.05) is 11.9 Å². The van der Waals surface area contributed by atoms with Gasteiger partial charge in [0.05, 0.1) is 0 Å². The van der Waals surface area contributed by atoms with E-state index in [0.717, 1.165) is 16.0 Å². The minimum Gasteiger partial charge on any atom is -0.311 e. The third kappa shape index (κ3) is 2.96. The average Bonchev–Trinajstić information content (AvgIpc) is 2.46. The Labute approximate surface area is 110 Å². The first-order valence-corrected chi connectivity index (χ1v) is 5.81. The van der Waals surface area contributed by atoms with Gasteiger partial charge in [-0.2, -0.15) is 8.78 Å². The highest BCUT2D eigenvalue weighted by Gasteiger charge is 2.21. The Kier molecular flexibility index (Phi) is 3.90. The molecule has 0 aliphatic heterocycles. The van der Waals surface area contributed by atoms with Crippen LogP contribution in [0.15, 0.2) is 54.6 Å². The Hall–Kier alpha value is -2.23. The first-order valence-electron chi connectivity index (χ1n) is 5.81. The van der Waals surface area contributed by atoms with E-state index in [1.165, 1.54) is 7.05 Å². The van der Waals surface area contributed by atoms with E-state index >= 15 is 0 Å². The molecule has 2 nitrogen and oxygen atoms in total. The van der Waals surface area contributed by atoms with Crippen LogP contribution < -0.4 is 4.90 Å². The van der Waals surface area contributed by atoms with Crippen molar-refractivity contribution in [1.29, 1.82) is 0 Å². The zero-order valence-corrected chi connectivity index (χ0v) is 10.4. The van der Waals surface area contributed by atoms with Crippen LogP contribution in [-0.2, 0) is 4.79 Å². The molecule has 0 radical (unpaired) electrons. The average molecular weight is 261 g/mol. The number of halogens is 2. The molecule has 0 aromatic heterocycles. The van der Waals surface area contributed by atoms with Crippen molar-refractivity contribution in [3.05, 3.63) is 54.6 Å². The molecule has 0 fully saturated rings. The van der Waals surface area contributed by atoms with Gasteiger partial charge in [0.1, 0.15) is 0 Å². The number of carbonyl (C=O) groups is 1. The molecule has 0 atom stereocenters. The van der Waals surface area contributed by atoms with Crippen molar-refractivity contribution in [3.8, 4) is 11.1 Å². The van der Waals surface area contributed by atoms with Gasteiger partial charge in [-0.3, -0.25) is 4.79 Å². The van der Waals surface area contributed by atoms with Gasteiger partial charge < -0.3 is 4.90 Å². The van der Waals surface area contributed by atoms with Crippen LogP contribution in [0.4, 0.5) is 14.5 Å². The van der Waals surface area contributed by atoms with Crippen molar-refractivity contribution in [3.63, 3.8) is 0 Å². The number of anilines is 1. The summed E-state index contributed by atoms with van der Waals surface area (Å²) in [5, 5.41) is 0. The molecule has 1 amide bonds. The number of benzene rings is 2. The van der Waals surface area contributed by atoms with E-state index in [0.29, 0.717) is 5.69 Å². The Bertz CT molecular complexity index is 552. The van der Waals surface area contributed by atoms with E-state index < -0.39 is 12.3 Å². The Morgan fingerprint density at radius 2 is 1.47 bits per heavy atom. The standard InChI is InChI=1S/C15H13F2NO/c1-18(15(19)14(16)17)13-9-7-12(8-10-13)11-5-3-2-4-6-11/h2-10,14H,1H3. The Balaban J connectivity index is 2.22. The second-order valence-corrected chi connectivity index (χ2v) is 4.11. The molecule has 0 heterocycles. The number of hydrogen-bond donors (Lipinski definition) is 0. The maximum Gasteiger partial charge on any atom is 0.316 e. The maximum absolute atomic E-state index is 12.3. The summed E-state index contributed by atoms with van der Waals surface area (Å²) < 4.78 is 24.6. The van der Waals surface area contributed by atoms with Crippen molar-refractivity contribution in [2.45, 2.75) is 6.43 Å². The van der Waals surface area contributed by atoms with E-state index in [-0.39, 0.29) is 0 Å². The Morgan fingerprint density at radius 3 is 2.00 bits per heavy atom. The van der Waals surface area contributed by atoms with Gasteiger partial charge in [0.2, 0.25) is 0 Å². The lowest BCUT2D eigenvalue weighted by Gasteiger charge is -2.17. The van der Waals surface area contributed by atoms with E-state index in [1.807, 2.05) is 30.3 Å². The molecule has 4 heteroatoms. The SMILES string of the molecule is CN(C(=O)C(F)F)c1ccc(-c2ccccc2)cc1. The second-order valence-electron chi connectivity index (χ2n) is 4.11. The third-order valence-electron chi connectivity index (χ3n) is 2.88. The molecule has 0 saturated carbocycles. The summed E-state index contributed by atoms with van der Waals surface area (Å²) in [7, 11) is 1.34. The highest BCUT2D eigenvalue weighted by Crippen LogP contribution is 2.23. The van der Waals surface area contributed by atoms with Crippen molar-refractivity contribution in [1.82, 2.24) is 0 Å². The van der Waals surface area contributed by atoms with Crippen LogP contribution in [0.3, 0.4) is 0 Å². The van der Waals surface area contributed by atoms with Crippen LogP contribution in [0, 0.1) is 0 Å². The predicted octanol–water partition coefficient (Wildman–Crippen LogP) is 3.58. The second kappa shape index (κ2) is 5.61. The first-order chi connectivity index (χ1) is 9.09. The largest absolute Gasteiger partial charge is 0.316 e. The Morgan fingerprint density at radius 1 is 0.947 bits per heavy atom. The first kappa shape index (κ1) is 13.2. The fourth-order valence-corrected chi connectivity index (χ4v) is 1.78. The molecule has 19 heavy (non-hydrogen) atoms. The molecule has 0 saturated heterocycles. The normalized spacial score (nSPS) is 10.5. The molecule has 0 unspecified atom stereocenters. The van der Waals surface area contributed by atoms with Gasteiger partial charge in [0.25, 0.3) is 5.91 Å². The number of carbonyl (C=O) groups excluding carboxylic acids is 1. The maximum atomic E-state index is 12.3. The van der Waals surface area contributed by atoms with E-state index in [2.05, 4.69) is 0 Å². The number of hydrogen-bond acceptors (Lipinski definition) is 1. The lowest BCUT2D eigenvalue weighted by Crippen LogP contribution is -2.31. The van der Waals surface area contributed by atoms with E-state index in [1.54, 1.807) is 24.3 Å². The highest BCUT2D eigenvalue weighted by molar-refractivity contribution is 5.95. The van der Waals surface area contributed by atoms with Gasteiger partial charge in [-0.15, -0.1) is 0 Å². The molecular weight excluding hydrogens is 248 g/mol. The molecule has 0 aliphatic rings. The molecule has 2 aromatic carbocycles. The molecule has 2 aromatic rings. The van der Waals surface area contributed by atoms with Crippen molar-refractivity contribution in [2.24, 2.45) is 0 Å². The van der Waals surface area contributed by atoms with Gasteiger partial charge in [-0.1, -0.05) is 42.5 Å². The zero-order valence-electron chi connectivity index (χ0n) is 10.4. The molecule has 2 rings (SSSR count). The monoisotopic (exact) mass is 261 g/mol. The topological polar surface area (TPSA) is 20.3 Å². The van der Waals surface area contributed by atoms with Gasteiger partial charge in [-0.25, -0.2) is 0 Å². The molecular formula is C15H13F2NO. The quantitative estimate of drug-likeness (QED) is 0.827.